The summed E-state index contributed by atoms with van der Waals surface area (Å²) in [5.74, 6) is -0.385. The molecule has 22 heavy (non-hydrogen) atoms. The van der Waals surface area contributed by atoms with Crippen molar-refractivity contribution in [3.63, 3.8) is 0 Å². The molecule has 0 bridgehead atoms. The van der Waals surface area contributed by atoms with E-state index >= 15 is 0 Å². The highest BCUT2D eigenvalue weighted by atomic mass is 16.5. The van der Waals surface area contributed by atoms with E-state index in [1.807, 2.05) is 6.92 Å². The highest BCUT2D eigenvalue weighted by Gasteiger charge is 2.21. The summed E-state index contributed by atoms with van der Waals surface area (Å²) in [5.41, 5.74) is 0.106. The first kappa shape index (κ1) is 20.9. The Labute approximate surface area is 135 Å². The number of nitrogens with one attached hydrogen (secondary N) is 2. The van der Waals surface area contributed by atoms with Crippen LogP contribution in [0.3, 0.4) is 0 Å². The summed E-state index contributed by atoms with van der Waals surface area (Å²) in [7, 11) is 0. The minimum absolute atomic E-state index is 0.0623. The fourth-order valence-corrected chi connectivity index (χ4v) is 2.03. The first-order valence-corrected chi connectivity index (χ1v) is 8.51. The third kappa shape index (κ3) is 11.5. The van der Waals surface area contributed by atoms with Gasteiger partial charge in [0, 0.05) is 12.0 Å². The molecule has 0 heterocycles. The molecule has 0 aromatic heterocycles. The number of hydrogen-bond acceptors (Lipinski definition) is 4. The van der Waals surface area contributed by atoms with Crippen molar-refractivity contribution >= 4 is 11.9 Å². The van der Waals surface area contributed by atoms with E-state index in [1.54, 1.807) is 6.92 Å². The first-order chi connectivity index (χ1) is 10.3. The molecule has 0 spiro atoms. The molecule has 0 aliphatic heterocycles. The van der Waals surface area contributed by atoms with E-state index in [0.717, 1.165) is 32.2 Å². The fourth-order valence-electron chi connectivity index (χ4n) is 2.03. The predicted molar refractivity (Wildman–Crippen MR) is 89.7 cm³/mol. The lowest BCUT2D eigenvalue weighted by Crippen LogP contribution is -2.42. The number of ether oxygens (including phenoxy) is 1. The van der Waals surface area contributed by atoms with Crippen molar-refractivity contribution in [3.05, 3.63) is 0 Å². The molecular formula is C17H34N2O3. The van der Waals surface area contributed by atoms with E-state index in [1.165, 1.54) is 0 Å². The first-order valence-electron chi connectivity index (χ1n) is 8.51. The van der Waals surface area contributed by atoms with E-state index in [2.05, 4.69) is 31.4 Å². The zero-order valence-electron chi connectivity index (χ0n) is 15.0. The Balaban J connectivity index is 4.19. The Bertz CT molecular complexity index is 324. The van der Waals surface area contributed by atoms with Gasteiger partial charge in [-0.05, 0) is 59.9 Å². The molecule has 0 aromatic carbocycles. The van der Waals surface area contributed by atoms with Crippen LogP contribution in [0.2, 0.25) is 0 Å². The van der Waals surface area contributed by atoms with E-state index < -0.39 is 6.04 Å². The third-order valence-electron chi connectivity index (χ3n) is 3.24. The van der Waals surface area contributed by atoms with Gasteiger partial charge in [-0.3, -0.25) is 4.79 Å². The lowest BCUT2D eigenvalue weighted by molar-refractivity contribution is -0.147. The van der Waals surface area contributed by atoms with Gasteiger partial charge in [0.1, 0.15) is 6.04 Å². The van der Waals surface area contributed by atoms with Crippen LogP contribution >= 0.6 is 0 Å². The summed E-state index contributed by atoms with van der Waals surface area (Å²) < 4.78 is 5.05. The molecule has 0 rings (SSSR count). The molecule has 0 aromatic rings. The average Bonchev–Trinajstić information content (AvgIpc) is 2.42. The standard InChI is InChI=1S/C17H34N2O3/c1-6-8-12-15(20)19-14(16(21)22-7-2)11-9-10-13-18-17(3,4)5/h14,18H,6-13H2,1-5H3,(H,19,20)/t14-/m0/s1. The van der Waals surface area contributed by atoms with Gasteiger partial charge in [-0.1, -0.05) is 13.3 Å². The zero-order valence-corrected chi connectivity index (χ0v) is 15.0. The normalized spacial score (nSPS) is 12.8. The molecule has 5 heteroatoms. The molecular weight excluding hydrogens is 280 g/mol. The molecule has 1 amide bonds. The number of carbonyl (C=O) groups is 2. The number of rotatable bonds is 11. The van der Waals surface area contributed by atoms with Crippen LogP contribution < -0.4 is 10.6 Å². The second-order valence-electron chi connectivity index (χ2n) is 6.65. The number of amides is 1. The van der Waals surface area contributed by atoms with Crippen molar-refractivity contribution in [2.45, 2.75) is 84.7 Å². The van der Waals surface area contributed by atoms with Gasteiger partial charge in [0.25, 0.3) is 0 Å². The Morgan fingerprint density at radius 1 is 1.09 bits per heavy atom. The van der Waals surface area contributed by atoms with Crippen molar-refractivity contribution in [1.29, 1.82) is 0 Å². The molecule has 0 unspecified atom stereocenters. The minimum atomic E-state index is -0.515. The van der Waals surface area contributed by atoms with Crippen LogP contribution in [0.4, 0.5) is 0 Å². The molecule has 0 saturated heterocycles. The second-order valence-corrected chi connectivity index (χ2v) is 6.65. The summed E-state index contributed by atoms with van der Waals surface area (Å²) in [4.78, 5) is 23.7. The van der Waals surface area contributed by atoms with Crippen LogP contribution in [0.1, 0.15) is 73.1 Å². The second kappa shape index (κ2) is 11.5. The summed E-state index contributed by atoms with van der Waals surface area (Å²) >= 11 is 0. The van der Waals surface area contributed by atoms with Gasteiger partial charge in [0.05, 0.1) is 6.61 Å². The SMILES string of the molecule is CCCCC(=O)N[C@@H](CCCCNC(C)(C)C)C(=O)OCC. The van der Waals surface area contributed by atoms with Gasteiger partial charge >= 0.3 is 5.97 Å². The van der Waals surface area contributed by atoms with Gasteiger partial charge in [0.15, 0.2) is 0 Å². The lowest BCUT2D eigenvalue weighted by Gasteiger charge is -2.21. The minimum Gasteiger partial charge on any atom is -0.464 e. The van der Waals surface area contributed by atoms with Crippen LogP contribution in [0.25, 0.3) is 0 Å². The maximum atomic E-state index is 11.9. The molecule has 5 nitrogen and oxygen atoms in total. The van der Waals surface area contributed by atoms with Crippen LogP contribution in [0.15, 0.2) is 0 Å². The molecule has 0 fully saturated rings. The van der Waals surface area contributed by atoms with Gasteiger partial charge in [-0.25, -0.2) is 4.79 Å². The van der Waals surface area contributed by atoms with Gasteiger partial charge in [0.2, 0.25) is 5.91 Å². The van der Waals surface area contributed by atoms with Crippen molar-refractivity contribution < 1.29 is 14.3 Å². The number of carbonyl (C=O) groups excluding carboxylic acids is 2. The Kier molecular flexibility index (Phi) is 10.9. The fraction of sp³-hybridized carbons (Fsp3) is 0.882. The van der Waals surface area contributed by atoms with Crippen LogP contribution in [0.5, 0.6) is 0 Å². The van der Waals surface area contributed by atoms with Crippen molar-refractivity contribution in [2.75, 3.05) is 13.2 Å². The molecule has 2 N–H and O–H groups in total. The Hall–Kier alpha value is -1.10. The number of hydrogen-bond donors (Lipinski definition) is 2. The van der Waals surface area contributed by atoms with E-state index in [-0.39, 0.29) is 17.4 Å². The highest BCUT2D eigenvalue weighted by molar-refractivity contribution is 5.84. The van der Waals surface area contributed by atoms with E-state index in [9.17, 15) is 9.59 Å². The van der Waals surface area contributed by atoms with Crippen molar-refractivity contribution in [2.24, 2.45) is 0 Å². The van der Waals surface area contributed by atoms with Gasteiger partial charge in [-0.2, -0.15) is 0 Å². The molecule has 0 saturated carbocycles. The van der Waals surface area contributed by atoms with Crippen LogP contribution in [-0.2, 0) is 14.3 Å². The predicted octanol–water partition coefficient (Wildman–Crippen LogP) is 2.78. The van der Waals surface area contributed by atoms with Gasteiger partial charge in [-0.15, -0.1) is 0 Å². The maximum absolute atomic E-state index is 11.9. The number of esters is 1. The largest absolute Gasteiger partial charge is 0.464 e. The molecule has 0 aliphatic rings. The van der Waals surface area contributed by atoms with E-state index in [0.29, 0.717) is 19.4 Å². The molecule has 130 valence electrons. The van der Waals surface area contributed by atoms with Crippen LogP contribution in [-0.4, -0.2) is 36.6 Å². The molecule has 0 aliphatic carbocycles. The monoisotopic (exact) mass is 314 g/mol. The van der Waals surface area contributed by atoms with Crippen LogP contribution in [0, 0.1) is 0 Å². The highest BCUT2D eigenvalue weighted by Crippen LogP contribution is 2.06. The zero-order chi connectivity index (χ0) is 17.0. The van der Waals surface area contributed by atoms with Crippen molar-refractivity contribution in [3.8, 4) is 0 Å². The van der Waals surface area contributed by atoms with Crippen molar-refractivity contribution in [1.82, 2.24) is 10.6 Å². The maximum Gasteiger partial charge on any atom is 0.328 e. The molecule has 1 atom stereocenters. The smallest absolute Gasteiger partial charge is 0.328 e. The number of unbranched alkanes of at least 4 members (excludes halogenated alkanes) is 2. The molecule has 0 radical (unpaired) electrons. The Morgan fingerprint density at radius 2 is 1.77 bits per heavy atom. The topological polar surface area (TPSA) is 67.4 Å². The average molecular weight is 314 g/mol. The summed E-state index contributed by atoms with van der Waals surface area (Å²) in [5, 5.41) is 6.22. The third-order valence-corrected chi connectivity index (χ3v) is 3.24. The summed E-state index contributed by atoms with van der Waals surface area (Å²) in [6, 6.07) is -0.515. The Morgan fingerprint density at radius 3 is 2.32 bits per heavy atom. The summed E-state index contributed by atoms with van der Waals surface area (Å²) in [6.45, 7) is 11.4. The quantitative estimate of drug-likeness (QED) is 0.454. The van der Waals surface area contributed by atoms with Gasteiger partial charge < -0.3 is 15.4 Å². The summed E-state index contributed by atoms with van der Waals surface area (Å²) in [6.07, 6.45) is 4.76. The lowest BCUT2D eigenvalue weighted by atomic mass is 10.1. The van der Waals surface area contributed by atoms with E-state index in [4.69, 9.17) is 4.74 Å².